The van der Waals surface area contributed by atoms with E-state index in [1.807, 2.05) is 6.26 Å². The van der Waals surface area contributed by atoms with Gasteiger partial charge in [-0.25, -0.2) is 14.4 Å². The van der Waals surface area contributed by atoms with Crippen molar-refractivity contribution in [2.24, 2.45) is 0 Å². The number of anilines is 1. The molecular formula is C16H15ClFN3OS. The molecule has 2 aromatic rings. The van der Waals surface area contributed by atoms with Crippen molar-refractivity contribution in [3.05, 3.63) is 46.4 Å². The van der Waals surface area contributed by atoms with Gasteiger partial charge in [-0.1, -0.05) is 29.4 Å². The van der Waals surface area contributed by atoms with Crippen molar-refractivity contribution in [1.82, 2.24) is 9.97 Å². The van der Waals surface area contributed by atoms with Crippen LogP contribution in [0.1, 0.15) is 29.9 Å². The third-order valence-electron chi connectivity index (χ3n) is 3.68. The van der Waals surface area contributed by atoms with Crippen LogP contribution in [0.25, 0.3) is 0 Å². The number of hydrogen-bond acceptors (Lipinski definition) is 5. The molecule has 1 fully saturated rings. The van der Waals surface area contributed by atoms with Crippen molar-refractivity contribution in [3.8, 4) is 0 Å². The topological polar surface area (TPSA) is 54.9 Å². The molecule has 3 rings (SSSR count). The molecule has 1 N–H and O–H groups in total. The summed E-state index contributed by atoms with van der Waals surface area (Å²) in [5.74, 6) is -0.787. The molecule has 0 radical (unpaired) electrons. The number of thioether (sulfide) groups is 1. The van der Waals surface area contributed by atoms with Crippen LogP contribution >= 0.6 is 23.4 Å². The molecule has 1 saturated carbocycles. The van der Waals surface area contributed by atoms with E-state index >= 15 is 0 Å². The first-order valence-electron chi connectivity index (χ1n) is 7.20. The Kier molecular flexibility index (Phi) is 4.82. The number of halogens is 2. The predicted octanol–water partition coefficient (Wildman–Crippen LogP) is 3.90. The molecule has 0 aliphatic heterocycles. The lowest BCUT2D eigenvalue weighted by molar-refractivity contribution is -0.108. The van der Waals surface area contributed by atoms with Gasteiger partial charge in [-0.2, -0.15) is 0 Å². The van der Waals surface area contributed by atoms with Crippen molar-refractivity contribution in [2.45, 2.75) is 30.0 Å². The van der Waals surface area contributed by atoms with Crippen LogP contribution in [0.3, 0.4) is 0 Å². The van der Waals surface area contributed by atoms with Crippen LogP contribution < -0.4 is 5.32 Å². The number of carbonyl (C=O) groups is 1. The number of nitrogens with zero attached hydrogens (tertiary/aromatic N) is 2. The Morgan fingerprint density at radius 3 is 2.87 bits per heavy atom. The normalized spacial score (nSPS) is 15.3. The van der Waals surface area contributed by atoms with E-state index in [1.54, 1.807) is 12.3 Å². The first-order chi connectivity index (χ1) is 11.1. The monoisotopic (exact) mass is 351 g/mol. The number of benzene rings is 1. The Labute approximate surface area is 142 Å². The van der Waals surface area contributed by atoms with Gasteiger partial charge in [0.25, 0.3) is 0 Å². The van der Waals surface area contributed by atoms with Gasteiger partial charge in [-0.15, -0.1) is 0 Å². The Balaban J connectivity index is 2.08. The highest BCUT2D eigenvalue weighted by Crippen LogP contribution is 2.36. The first-order valence-corrected chi connectivity index (χ1v) is 8.81. The highest BCUT2D eigenvalue weighted by Gasteiger charge is 2.28. The quantitative estimate of drug-likeness (QED) is 0.486. The maximum Gasteiger partial charge on any atom is 0.189 e. The molecule has 0 spiro atoms. The zero-order valence-corrected chi connectivity index (χ0v) is 14.0. The van der Waals surface area contributed by atoms with Gasteiger partial charge < -0.3 is 10.1 Å². The SMILES string of the molecule is CSc1ncc(C(C=O)c2c(F)cccc2Cl)c(NC2CC2)n1. The zero-order valence-electron chi connectivity index (χ0n) is 12.4. The van der Waals surface area contributed by atoms with E-state index in [0.29, 0.717) is 28.9 Å². The second-order valence-electron chi connectivity index (χ2n) is 5.33. The number of aromatic nitrogens is 2. The molecule has 1 atom stereocenters. The average molecular weight is 352 g/mol. The number of aldehydes is 1. The van der Waals surface area contributed by atoms with Gasteiger partial charge in [-0.05, 0) is 31.2 Å². The Hall–Kier alpha value is -1.66. The minimum absolute atomic E-state index is 0.156. The summed E-state index contributed by atoms with van der Waals surface area (Å²) < 4.78 is 14.2. The highest BCUT2D eigenvalue weighted by atomic mass is 35.5. The third-order valence-corrected chi connectivity index (χ3v) is 4.57. The molecule has 1 unspecified atom stereocenters. The molecule has 0 amide bonds. The maximum atomic E-state index is 14.2. The summed E-state index contributed by atoms with van der Waals surface area (Å²) in [4.78, 5) is 20.4. The molecule has 1 aliphatic carbocycles. The molecule has 4 nitrogen and oxygen atoms in total. The molecule has 0 bridgehead atoms. The fourth-order valence-corrected chi connectivity index (χ4v) is 2.96. The third kappa shape index (κ3) is 3.48. The van der Waals surface area contributed by atoms with Crippen LogP contribution in [0.5, 0.6) is 0 Å². The second kappa shape index (κ2) is 6.84. The lowest BCUT2D eigenvalue weighted by Crippen LogP contribution is -2.14. The number of nitrogens with one attached hydrogen (secondary N) is 1. The first kappa shape index (κ1) is 16.2. The molecule has 1 aromatic carbocycles. The lowest BCUT2D eigenvalue weighted by atomic mass is 9.93. The van der Waals surface area contributed by atoms with Crippen LogP contribution in [0.15, 0.2) is 29.6 Å². The fraction of sp³-hybridized carbons (Fsp3) is 0.312. The van der Waals surface area contributed by atoms with Crippen LogP contribution in [0, 0.1) is 5.82 Å². The van der Waals surface area contributed by atoms with Gasteiger partial charge in [0.1, 0.15) is 17.9 Å². The van der Waals surface area contributed by atoms with Crippen molar-refractivity contribution < 1.29 is 9.18 Å². The number of carbonyl (C=O) groups excluding carboxylic acids is 1. The largest absolute Gasteiger partial charge is 0.367 e. The summed E-state index contributed by atoms with van der Waals surface area (Å²) in [5, 5.41) is 4.11. The van der Waals surface area contributed by atoms with Gasteiger partial charge in [-0.3, -0.25) is 0 Å². The summed E-state index contributed by atoms with van der Waals surface area (Å²) in [5.41, 5.74) is 0.695. The van der Waals surface area contributed by atoms with E-state index in [4.69, 9.17) is 11.6 Å². The van der Waals surface area contributed by atoms with Crippen LogP contribution in [-0.2, 0) is 4.79 Å². The van der Waals surface area contributed by atoms with Crippen molar-refractivity contribution in [1.29, 1.82) is 0 Å². The Morgan fingerprint density at radius 1 is 1.48 bits per heavy atom. The van der Waals surface area contributed by atoms with E-state index in [1.165, 1.54) is 23.9 Å². The van der Waals surface area contributed by atoms with Gasteiger partial charge in [0.15, 0.2) is 5.16 Å². The molecular weight excluding hydrogens is 337 g/mol. The minimum Gasteiger partial charge on any atom is -0.367 e. The molecule has 23 heavy (non-hydrogen) atoms. The minimum atomic E-state index is -0.846. The summed E-state index contributed by atoms with van der Waals surface area (Å²) in [6.45, 7) is 0. The molecule has 7 heteroatoms. The Bertz CT molecular complexity index is 719. The van der Waals surface area contributed by atoms with Crippen molar-refractivity contribution in [2.75, 3.05) is 11.6 Å². The summed E-state index contributed by atoms with van der Waals surface area (Å²) in [6, 6.07) is 4.73. The van der Waals surface area contributed by atoms with Gasteiger partial charge in [0.05, 0.1) is 5.92 Å². The smallest absolute Gasteiger partial charge is 0.189 e. The predicted molar refractivity (Wildman–Crippen MR) is 89.8 cm³/mol. The molecule has 1 heterocycles. The van der Waals surface area contributed by atoms with E-state index in [-0.39, 0.29) is 10.6 Å². The molecule has 1 aliphatic rings. The molecule has 120 valence electrons. The molecule has 0 saturated heterocycles. The van der Waals surface area contributed by atoms with Gasteiger partial charge in [0, 0.05) is 28.4 Å². The fourth-order valence-electron chi connectivity index (χ4n) is 2.34. The van der Waals surface area contributed by atoms with Crippen LogP contribution in [-0.4, -0.2) is 28.6 Å². The summed E-state index contributed by atoms with van der Waals surface area (Å²) >= 11 is 7.53. The zero-order chi connectivity index (χ0) is 16.4. The lowest BCUT2D eigenvalue weighted by Gasteiger charge is -2.18. The van der Waals surface area contributed by atoms with Gasteiger partial charge in [0.2, 0.25) is 0 Å². The van der Waals surface area contributed by atoms with Crippen molar-refractivity contribution in [3.63, 3.8) is 0 Å². The highest BCUT2D eigenvalue weighted by molar-refractivity contribution is 7.98. The van der Waals surface area contributed by atoms with E-state index in [9.17, 15) is 9.18 Å². The van der Waals surface area contributed by atoms with Gasteiger partial charge >= 0.3 is 0 Å². The Morgan fingerprint density at radius 2 is 2.26 bits per heavy atom. The average Bonchev–Trinajstić information content (AvgIpc) is 3.35. The number of rotatable bonds is 6. The summed E-state index contributed by atoms with van der Waals surface area (Å²) in [7, 11) is 0. The summed E-state index contributed by atoms with van der Waals surface area (Å²) in [6.07, 6.45) is 6.25. The second-order valence-corrected chi connectivity index (χ2v) is 6.51. The maximum absolute atomic E-state index is 14.2. The van der Waals surface area contributed by atoms with Crippen molar-refractivity contribution >= 4 is 35.5 Å². The van der Waals surface area contributed by atoms with Crippen LogP contribution in [0.2, 0.25) is 5.02 Å². The van der Waals surface area contributed by atoms with E-state index < -0.39 is 11.7 Å². The van der Waals surface area contributed by atoms with Crippen LogP contribution in [0.4, 0.5) is 10.2 Å². The van der Waals surface area contributed by atoms with E-state index in [0.717, 1.165) is 12.8 Å². The number of hydrogen-bond donors (Lipinski definition) is 1. The van der Waals surface area contributed by atoms with E-state index in [2.05, 4.69) is 15.3 Å². The standard InChI is InChI=1S/C16H15ClFN3OS/c1-23-16-19-7-10(15(21-16)20-9-5-6-9)11(8-22)14-12(17)3-2-4-13(14)18/h2-4,7-9,11H,5-6H2,1H3,(H,19,20,21). The molecule has 1 aromatic heterocycles.